The second-order valence-electron chi connectivity index (χ2n) is 2.93. The minimum atomic E-state index is -1.02. The SMILES string of the molecule is NC(=O)C(=O)Nc1ccn2ccnc2c1. The van der Waals surface area contributed by atoms with Crippen LogP contribution in [0, 0.1) is 0 Å². The molecule has 0 aliphatic carbocycles. The molecule has 0 atom stereocenters. The average Bonchev–Trinajstić information content (AvgIpc) is 2.64. The number of anilines is 1. The lowest BCUT2D eigenvalue weighted by atomic mass is 10.4. The van der Waals surface area contributed by atoms with E-state index in [4.69, 9.17) is 5.73 Å². The summed E-state index contributed by atoms with van der Waals surface area (Å²) in [6.45, 7) is 0. The van der Waals surface area contributed by atoms with Crippen molar-refractivity contribution in [1.82, 2.24) is 9.38 Å². The fourth-order valence-corrected chi connectivity index (χ4v) is 1.18. The van der Waals surface area contributed by atoms with Gasteiger partial charge in [0.15, 0.2) is 0 Å². The Kier molecular flexibility index (Phi) is 2.09. The van der Waals surface area contributed by atoms with Gasteiger partial charge in [0.2, 0.25) is 0 Å². The lowest BCUT2D eigenvalue weighted by Gasteiger charge is -2.02. The summed E-state index contributed by atoms with van der Waals surface area (Å²) in [4.78, 5) is 25.5. The largest absolute Gasteiger partial charge is 0.361 e. The van der Waals surface area contributed by atoms with Gasteiger partial charge in [-0.3, -0.25) is 9.59 Å². The van der Waals surface area contributed by atoms with Crippen LogP contribution in [-0.2, 0) is 9.59 Å². The molecule has 2 aromatic rings. The van der Waals surface area contributed by atoms with E-state index >= 15 is 0 Å². The number of hydrogen-bond donors (Lipinski definition) is 2. The van der Waals surface area contributed by atoms with Gasteiger partial charge in [0.25, 0.3) is 0 Å². The van der Waals surface area contributed by atoms with E-state index in [2.05, 4.69) is 10.3 Å². The molecule has 2 rings (SSSR count). The Morgan fingerprint density at radius 3 is 2.93 bits per heavy atom. The van der Waals surface area contributed by atoms with E-state index in [1.807, 2.05) is 0 Å². The molecule has 2 heterocycles. The van der Waals surface area contributed by atoms with Crippen molar-refractivity contribution >= 4 is 23.1 Å². The zero-order chi connectivity index (χ0) is 10.8. The summed E-state index contributed by atoms with van der Waals surface area (Å²) in [5.41, 5.74) is 5.97. The second-order valence-corrected chi connectivity index (χ2v) is 2.93. The van der Waals surface area contributed by atoms with E-state index in [1.165, 1.54) is 0 Å². The number of nitrogens with one attached hydrogen (secondary N) is 1. The predicted molar refractivity (Wildman–Crippen MR) is 53.0 cm³/mol. The van der Waals surface area contributed by atoms with Crippen molar-refractivity contribution in [2.45, 2.75) is 0 Å². The summed E-state index contributed by atoms with van der Waals surface area (Å²) in [6.07, 6.45) is 5.13. The fraction of sp³-hybridized carbons (Fsp3) is 0. The molecule has 3 N–H and O–H groups in total. The standard InChI is InChI=1S/C9H8N4O2/c10-8(14)9(15)12-6-1-3-13-4-2-11-7(13)5-6/h1-5H,(H2,10,14)(H,12,15). The molecule has 0 saturated carbocycles. The monoisotopic (exact) mass is 204 g/mol. The number of hydrogen-bond acceptors (Lipinski definition) is 3. The van der Waals surface area contributed by atoms with E-state index in [-0.39, 0.29) is 0 Å². The van der Waals surface area contributed by atoms with E-state index in [0.717, 1.165) is 0 Å². The van der Waals surface area contributed by atoms with Crippen molar-refractivity contribution in [3.05, 3.63) is 30.7 Å². The number of amides is 2. The molecule has 6 heteroatoms. The number of carbonyl (C=O) groups is 2. The summed E-state index contributed by atoms with van der Waals surface area (Å²) in [6, 6.07) is 3.29. The first-order chi connectivity index (χ1) is 7.16. The summed E-state index contributed by atoms with van der Waals surface area (Å²) < 4.78 is 1.78. The predicted octanol–water partition coefficient (Wildman–Crippen LogP) is -0.242. The van der Waals surface area contributed by atoms with Crippen LogP contribution in [0.5, 0.6) is 0 Å². The number of nitrogens with zero attached hydrogens (tertiary/aromatic N) is 2. The van der Waals surface area contributed by atoms with Crippen LogP contribution in [0.4, 0.5) is 5.69 Å². The van der Waals surface area contributed by atoms with E-state index in [9.17, 15) is 9.59 Å². The maximum Gasteiger partial charge on any atom is 0.313 e. The molecule has 15 heavy (non-hydrogen) atoms. The molecule has 2 amide bonds. The maximum atomic E-state index is 11.0. The highest BCUT2D eigenvalue weighted by Crippen LogP contribution is 2.09. The maximum absolute atomic E-state index is 11.0. The summed E-state index contributed by atoms with van der Waals surface area (Å²) in [5.74, 6) is -1.86. The molecule has 0 aliphatic rings. The highest BCUT2D eigenvalue weighted by molar-refractivity contribution is 6.39. The molecule has 0 unspecified atom stereocenters. The Labute approximate surface area is 84.7 Å². The Morgan fingerprint density at radius 2 is 2.20 bits per heavy atom. The molecular weight excluding hydrogens is 196 g/mol. The van der Waals surface area contributed by atoms with Gasteiger partial charge in [0.05, 0.1) is 0 Å². The van der Waals surface area contributed by atoms with Crippen LogP contribution in [-0.4, -0.2) is 21.2 Å². The van der Waals surface area contributed by atoms with Crippen LogP contribution in [0.1, 0.15) is 0 Å². The molecule has 0 fully saturated rings. The van der Waals surface area contributed by atoms with Crippen LogP contribution < -0.4 is 11.1 Å². The molecule has 76 valence electrons. The van der Waals surface area contributed by atoms with Crippen molar-refractivity contribution in [2.75, 3.05) is 5.32 Å². The Bertz CT molecular complexity index is 532. The molecule has 0 spiro atoms. The van der Waals surface area contributed by atoms with Gasteiger partial charge in [-0.05, 0) is 6.07 Å². The molecule has 6 nitrogen and oxygen atoms in total. The quantitative estimate of drug-likeness (QED) is 0.628. The van der Waals surface area contributed by atoms with Crippen molar-refractivity contribution in [3.8, 4) is 0 Å². The van der Waals surface area contributed by atoms with Gasteiger partial charge in [-0.2, -0.15) is 0 Å². The molecule has 2 aromatic heterocycles. The van der Waals surface area contributed by atoms with Gasteiger partial charge < -0.3 is 15.5 Å². The number of pyridine rings is 1. The van der Waals surface area contributed by atoms with Crippen LogP contribution >= 0.6 is 0 Å². The molecule has 0 bridgehead atoms. The zero-order valence-corrected chi connectivity index (χ0v) is 7.68. The summed E-state index contributed by atoms with van der Waals surface area (Å²) in [5, 5.41) is 2.36. The number of fused-ring (bicyclic) bond motifs is 1. The number of primary amides is 1. The van der Waals surface area contributed by atoms with Gasteiger partial charge in [-0.25, -0.2) is 4.98 Å². The Hall–Kier alpha value is -2.37. The topological polar surface area (TPSA) is 89.5 Å². The molecular formula is C9H8N4O2. The molecule has 0 aromatic carbocycles. The number of nitrogens with two attached hydrogens (primary N) is 1. The number of aromatic nitrogens is 2. The summed E-state index contributed by atoms with van der Waals surface area (Å²) >= 11 is 0. The van der Waals surface area contributed by atoms with Crippen LogP contribution in [0.3, 0.4) is 0 Å². The third-order valence-corrected chi connectivity index (χ3v) is 1.88. The third-order valence-electron chi connectivity index (χ3n) is 1.88. The van der Waals surface area contributed by atoms with E-state index in [1.54, 1.807) is 35.1 Å². The summed E-state index contributed by atoms with van der Waals surface area (Å²) in [7, 11) is 0. The lowest BCUT2D eigenvalue weighted by Crippen LogP contribution is -2.29. The van der Waals surface area contributed by atoms with E-state index < -0.39 is 11.8 Å². The third kappa shape index (κ3) is 1.78. The first-order valence-electron chi connectivity index (χ1n) is 4.20. The molecule has 0 saturated heterocycles. The molecule has 0 aliphatic heterocycles. The minimum absolute atomic E-state index is 0.484. The van der Waals surface area contributed by atoms with E-state index in [0.29, 0.717) is 11.3 Å². The lowest BCUT2D eigenvalue weighted by molar-refractivity contribution is -0.134. The normalized spacial score (nSPS) is 10.1. The fourth-order valence-electron chi connectivity index (χ4n) is 1.18. The minimum Gasteiger partial charge on any atom is -0.361 e. The second kappa shape index (κ2) is 3.41. The zero-order valence-electron chi connectivity index (χ0n) is 7.68. The highest BCUT2D eigenvalue weighted by Gasteiger charge is 2.08. The Balaban J connectivity index is 2.28. The van der Waals surface area contributed by atoms with Crippen LogP contribution in [0.2, 0.25) is 0 Å². The van der Waals surface area contributed by atoms with Crippen molar-refractivity contribution in [1.29, 1.82) is 0 Å². The number of imidazole rings is 1. The van der Waals surface area contributed by atoms with Gasteiger partial charge >= 0.3 is 11.8 Å². The van der Waals surface area contributed by atoms with Crippen molar-refractivity contribution < 1.29 is 9.59 Å². The van der Waals surface area contributed by atoms with Crippen molar-refractivity contribution in [2.24, 2.45) is 5.73 Å². The van der Waals surface area contributed by atoms with Crippen LogP contribution in [0.15, 0.2) is 30.7 Å². The van der Waals surface area contributed by atoms with Crippen LogP contribution in [0.25, 0.3) is 5.65 Å². The number of carbonyl (C=O) groups excluding carboxylic acids is 2. The van der Waals surface area contributed by atoms with Gasteiger partial charge in [-0.1, -0.05) is 0 Å². The smallest absolute Gasteiger partial charge is 0.313 e. The number of rotatable bonds is 1. The van der Waals surface area contributed by atoms with Gasteiger partial charge in [-0.15, -0.1) is 0 Å². The highest BCUT2D eigenvalue weighted by atomic mass is 16.2. The van der Waals surface area contributed by atoms with Gasteiger partial charge in [0, 0.05) is 30.3 Å². The first kappa shape index (κ1) is 9.20. The van der Waals surface area contributed by atoms with Gasteiger partial charge in [0.1, 0.15) is 5.65 Å². The first-order valence-corrected chi connectivity index (χ1v) is 4.20. The molecule has 0 radical (unpaired) electrons. The average molecular weight is 204 g/mol. The Morgan fingerprint density at radius 1 is 1.40 bits per heavy atom. The van der Waals surface area contributed by atoms with Crippen molar-refractivity contribution in [3.63, 3.8) is 0 Å².